The molecule has 1 aliphatic rings. The molecular weight excluding hydrogens is 298 g/mol. The maximum absolute atomic E-state index is 13.9. The van der Waals surface area contributed by atoms with Crippen molar-refractivity contribution in [2.45, 2.75) is 20.4 Å². The van der Waals surface area contributed by atoms with Crippen molar-refractivity contribution in [2.24, 2.45) is 0 Å². The van der Waals surface area contributed by atoms with E-state index in [0.29, 0.717) is 19.6 Å². The van der Waals surface area contributed by atoms with Gasteiger partial charge in [-0.05, 0) is 31.5 Å². The Morgan fingerprint density at radius 2 is 1.70 bits per heavy atom. The van der Waals surface area contributed by atoms with Crippen LogP contribution in [0.4, 0.5) is 19.3 Å². The monoisotopic (exact) mass is 316 g/mol. The molecule has 120 valence electrons. The lowest BCUT2D eigenvalue weighted by atomic mass is 10.1. The first kappa shape index (κ1) is 15.5. The van der Waals surface area contributed by atoms with E-state index in [1.165, 1.54) is 11.0 Å². The van der Waals surface area contributed by atoms with Gasteiger partial charge in [-0.3, -0.25) is 4.90 Å². The van der Waals surface area contributed by atoms with E-state index in [9.17, 15) is 13.6 Å². The fourth-order valence-electron chi connectivity index (χ4n) is 3.03. The third-order valence-corrected chi connectivity index (χ3v) is 3.95. The highest BCUT2D eigenvalue weighted by atomic mass is 19.1. The van der Waals surface area contributed by atoms with Gasteiger partial charge in [-0.25, -0.2) is 13.6 Å². The highest BCUT2D eigenvalue weighted by Crippen LogP contribution is 2.25. The van der Waals surface area contributed by atoms with Gasteiger partial charge in [0, 0.05) is 25.7 Å². The molecule has 0 unspecified atom stereocenters. The third kappa shape index (κ3) is 3.18. The lowest BCUT2D eigenvalue weighted by molar-refractivity contribution is 0.218. The summed E-state index contributed by atoms with van der Waals surface area (Å²) in [7, 11) is 0. The number of hydrogen-bond donors (Lipinski definition) is 0. The van der Waals surface area contributed by atoms with E-state index in [4.69, 9.17) is 0 Å². The minimum atomic E-state index is -0.716. The standard InChI is InChI=1S/C18H18F2N2O/c1-12-7-13(2)9-14(8-12)11-21-5-6-22(18(21)23)17-4-3-15(19)10-16(17)20/h3-4,7-10H,5-6,11H2,1-2H3. The van der Waals surface area contributed by atoms with Gasteiger partial charge < -0.3 is 4.90 Å². The molecule has 3 rings (SSSR count). The number of hydrogen-bond acceptors (Lipinski definition) is 1. The van der Waals surface area contributed by atoms with Crippen molar-refractivity contribution in [2.75, 3.05) is 18.0 Å². The van der Waals surface area contributed by atoms with Crippen LogP contribution >= 0.6 is 0 Å². The first-order chi connectivity index (χ1) is 10.9. The number of carbonyl (C=O) groups excluding carboxylic acids is 1. The Hall–Kier alpha value is -2.43. The molecule has 0 N–H and O–H groups in total. The number of rotatable bonds is 3. The zero-order valence-electron chi connectivity index (χ0n) is 13.1. The van der Waals surface area contributed by atoms with E-state index in [1.807, 2.05) is 26.0 Å². The highest BCUT2D eigenvalue weighted by Gasteiger charge is 2.31. The predicted octanol–water partition coefficient (Wildman–Crippen LogP) is 4.02. The predicted molar refractivity (Wildman–Crippen MR) is 85.4 cm³/mol. The summed E-state index contributed by atoms with van der Waals surface area (Å²) in [6, 6.07) is 9.18. The summed E-state index contributed by atoms with van der Waals surface area (Å²) in [5.74, 6) is -1.36. The van der Waals surface area contributed by atoms with Gasteiger partial charge in [-0.2, -0.15) is 0 Å². The smallest absolute Gasteiger partial charge is 0.318 e. The highest BCUT2D eigenvalue weighted by molar-refractivity contribution is 5.94. The number of benzene rings is 2. The molecule has 1 saturated heterocycles. The number of urea groups is 1. The summed E-state index contributed by atoms with van der Waals surface area (Å²) in [6.07, 6.45) is 0. The van der Waals surface area contributed by atoms with Crippen LogP contribution in [0.1, 0.15) is 16.7 Å². The Labute approximate surface area is 134 Å². The van der Waals surface area contributed by atoms with Gasteiger partial charge in [0.2, 0.25) is 0 Å². The van der Waals surface area contributed by atoms with Crippen molar-refractivity contribution in [3.05, 3.63) is 64.7 Å². The van der Waals surface area contributed by atoms with Crippen molar-refractivity contribution in [1.82, 2.24) is 4.90 Å². The van der Waals surface area contributed by atoms with E-state index in [-0.39, 0.29) is 11.7 Å². The Morgan fingerprint density at radius 1 is 1.00 bits per heavy atom. The van der Waals surface area contributed by atoms with E-state index in [1.54, 1.807) is 4.90 Å². The van der Waals surface area contributed by atoms with Crippen molar-refractivity contribution < 1.29 is 13.6 Å². The molecule has 5 heteroatoms. The molecule has 0 spiro atoms. The lowest BCUT2D eigenvalue weighted by Gasteiger charge is -2.19. The zero-order chi connectivity index (χ0) is 16.6. The fourth-order valence-corrected chi connectivity index (χ4v) is 3.03. The van der Waals surface area contributed by atoms with E-state index in [2.05, 4.69) is 6.07 Å². The van der Waals surface area contributed by atoms with Crippen LogP contribution in [0.15, 0.2) is 36.4 Å². The van der Waals surface area contributed by atoms with Crippen LogP contribution in [0.5, 0.6) is 0 Å². The Morgan fingerprint density at radius 3 is 2.35 bits per heavy atom. The second-order valence-corrected chi connectivity index (χ2v) is 5.95. The molecule has 0 atom stereocenters. The molecule has 3 nitrogen and oxygen atoms in total. The normalized spacial score (nSPS) is 14.7. The molecule has 1 fully saturated rings. The van der Waals surface area contributed by atoms with Crippen LogP contribution < -0.4 is 4.90 Å². The minimum Gasteiger partial charge on any atom is -0.318 e. The van der Waals surface area contributed by atoms with Gasteiger partial charge in [0.25, 0.3) is 0 Å². The SMILES string of the molecule is Cc1cc(C)cc(CN2CCN(c3ccc(F)cc3F)C2=O)c1. The molecule has 0 aliphatic carbocycles. The lowest BCUT2D eigenvalue weighted by Crippen LogP contribution is -2.32. The largest absolute Gasteiger partial charge is 0.325 e. The quantitative estimate of drug-likeness (QED) is 0.839. The van der Waals surface area contributed by atoms with Crippen LogP contribution in [0.3, 0.4) is 0 Å². The summed E-state index contributed by atoms with van der Waals surface area (Å²) in [5, 5.41) is 0. The number of amides is 2. The summed E-state index contributed by atoms with van der Waals surface area (Å²) in [4.78, 5) is 15.5. The maximum Gasteiger partial charge on any atom is 0.325 e. The molecule has 2 aromatic rings. The van der Waals surface area contributed by atoms with Crippen LogP contribution in [0, 0.1) is 25.5 Å². The zero-order valence-corrected chi connectivity index (χ0v) is 13.1. The van der Waals surface area contributed by atoms with Gasteiger partial charge in [0.05, 0.1) is 5.69 Å². The van der Waals surface area contributed by atoms with Gasteiger partial charge in [0.15, 0.2) is 0 Å². The molecular formula is C18H18F2N2O. The van der Waals surface area contributed by atoms with Crippen LogP contribution in [0.2, 0.25) is 0 Å². The molecule has 1 aliphatic heterocycles. The van der Waals surface area contributed by atoms with E-state index < -0.39 is 11.6 Å². The third-order valence-electron chi connectivity index (χ3n) is 3.95. The van der Waals surface area contributed by atoms with Gasteiger partial charge in [-0.15, -0.1) is 0 Å². The molecule has 0 bridgehead atoms. The average molecular weight is 316 g/mol. The number of nitrogens with zero attached hydrogens (tertiary/aromatic N) is 2. The molecule has 2 aromatic carbocycles. The molecule has 2 amide bonds. The second kappa shape index (κ2) is 5.99. The van der Waals surface area contributed by atoms with E-state index in [0.717, 1.165) is 28.8 Å². The number of anilines is 1. The van der Waals surface area contributed by atoms with Crippen molar-refractivity contribution in [1.29, 1.82) is 0 Å². The Kier molecular flexibility index (Phi) is 4.03. The van der Waals surface area contributed by atoms with Gasteiger partial charge in [-0.1, -0.05) is 29.3 Å². The second-order valence-electron chi connectivity index (χ2n) is 5.95. The van der Waals surface area contributed by atoms with Crippen molar-refractivity contribution in [3.8, 4) is 0 Å². The first-order valence-electron chi connectivity index (χ1n) is 7.53. The van der Waals surface area contributed by atoms with Crippen LogP contribution in [-0.4, -0.2) is 24.0 Å². The van der Waals surface area contributed by atoms with Gasteiger partial charge >= 0.3 is 6.03 Å². The summed E-state index contributed by atoms with van der Waals surface area (Å²) >= 11 is 0. The number of halogens is 2. The maximum atomic E-state index is 13.9. The Bertz CT molecular complexity index is 740. The average Bonchev–Trinajstić information content (AvgIpc) is 2.79. The van der Waals surface area contributed by atoms with Crippen LogP contribution in [0.25, 0.3) is 0 Å². The van der Waals surface area contributed by atoms with E-state index >= 15 is 0 Å². The molecule has 0 radical (unpaired) electrons. The molecule has 1 heterocycles. The Balaban J connectivity index is 1.78. The molecule has 23 heavy (non-hydrogen) atoms. The summed E-state index contributed by atoms with van der Waals surface area (Å²) in [6.45, 7) is 5.43. The van der Waals surface area contributed by atoms with Gasteiger partial charge in [0.1, 0.15) is 11.6 Å². The van der Waals surface area contributed by atoms with Crippen LogP contribution in [-0.2, 0) is 6.54 Å². The summed E-state index contributed by atoms with van der Waals surface area (Å²) < 4.78 is 26.9. The molecule has 0 aromatic heterocycles. The first-order valence-corrected chi connectivity index (χ1v) is 7.53. The van der Waals surface area contributed by atoms with Crippen molar-refractivity contribution >= 4 is 11.7 Å². The summed E-state index contributed by atoms with van der Waals surface area (Å²) in [5.41, 5.74) is 3.47. The number of aryl methyl sites for hydroxylation is 2. The van der Waals surface area contributed by atoms with Crippen molar-refractivity contribution in [3.63, 3.8) is 0 Å². The molecule has 0 saturated carbocycles. The fraction of sp³-hybridized carbons (Fsp3) is 0.278. The topological polar surface area (TPSA) is 23.6 Å². The number of carbonyl (C=O) groups is 1. The minimum absolute atomic E-state index is 0.124.